The van der Waals surface area contributed by atoms with Crippen molar-refractivity contribution in [3.05, 3.63) is 72.4 Å². The average Bonchev–Trinajstić information content (AvgIpc) is 3.43. The Morgan fingerprint density at radius 2 is 1.75 bits per heavy atom. The number of anilines is 2. The number of nitrogens with one attached hydrogen (secondary N) is 3. The summed E-state index contributed by atoms with van der Waals surface area (Å²) in [6, 6.07) is 13.6. The monoisotopic (exact) mass is 376 g/mol. The van der Waals surface area contributed by atoms with E-state index in [-0.39, 0.29) is 17.5 Å². The van der Waals surface area contributed by atoms with Crippen LogP contribution in [0.4, 0.5) is 11.4 Å². The highest BCUT2D eigenvalue weighted by Crippen LogP contribution is 2.20. The third-order valence-electron chi connectivity index (χ3n) is 3.92. The SMILES string of the molecule is Cn1ccc(C(=O)Nc2cccc(NC(=O)c3cc(-c4ccco4)[nH]n3)c2)n1. The summed E-state index contributed by atoms with van der Waals surface area (Å²) in [4.78, 5) is 24.6. The number of rotatable bonds is 5. The molecule has 3 aromatic heterocycles. The van der Waals surface area contributed by atoms with Gasteiger partial charge in [-0.1, -0.05) is 6.07 Å². The van der Waals surface area contributed by atoms with E-state index in [4.69, 9.17) is 4.42 Å². The van der Waals surface area contributed by atoms with E-state index in [0.717, 1.165) is 0 Å². The van der Waals surface area contributed by atoms with Gasteiger partial charge in [-0.15, -0.1) is 0 Å². The van der Waals surface area contributed by atoms with Crippen molar-refractivity contribution in [3.8, 4) is 11.5 Å². The first-order valence-corrected chi connectivity index (χ1v) is 8.40. The predicted molar refractivity (Wildman–Crippen MR) is 102 cm³/mol. The van der Waals surface area contributed by atoms with E-state index in [2.05, 4.69) is 25.9 Å². The maximum absolute atomic E-state index is 12.4. The van der Waals surface area contributed by atoms with Crippen molar-refractivity contribution in [1.82, 2.24) is 20.0 Å². The van der Waals surface area contributed by atoms with Crippen LogP contribution in [-0.4, -0.2) is 31.8 Å². The first kappa shape index (κ1) is 17.3. The van der Waals surface area contributed by atoms with Crippen LogP contribution in [0.5, 0.6) is 0 Å². The number of nitrogens with zero attached hydrogens (tertiary/aromatic N) is 3. The number of aromatic amines is 1. The lowest BCUT2D eigenvalue weighted by Gasteiger charge is -2.07. The van der Waals surface area contributed by atoms with Crippen molar-refractivity contribution < 1.29 is 14.0 Å². The van der Waals surface area contributed by atoms with E-state index in [1.165, 1.54) is 0 Å². The highest BCUT2D eigenvalue weighted by atomic mass is 16.3. The molecular weight excluding hydrogens is 360 g/mol. The van der Waals surface area contributed by atoms with Crippen molar-refractivity contribution in [2.75, 3.05) is 10.6 Å². The zero-order valence-electron chi connectivity index (χ0n) is 14.8. The van der Waals surface area contributed by atoms with Crippen LogP contribution in [0.2, 0.25) is 0 Å². The largest absolute Gasteiger partial charge is 0.463 e. The molecule has 0 atom stereocenters. The molecule has 1 aromatic carbocycles. The van der Waals surface area contributed by atoms with E-state index in [9.17, 15) is 9.59 Å². The number of carbonyl (C=O) groups excluding carboxylic acids is 2. The molecule has 0 radical (unpaired) electrons. The number of aryl methyl sites for hydroxylation is 1. The molecule has 0 aliphatic heterocycles. The van der Waals surface area contributed by atoms with Gasteiger partial charge in [0.05, 0.1) is 6.26 Å². The molecule has 0 fully saturated rings. The van der Waals surface area contributed by atoms with Gasteiger partial charge in [0.1, 0.15) is 5.69 Å². The normalized spacial score (nSPS) is 10.6. The first-order valence-electron chi connectivity index (χ1n) is 8.40. The zero-order valence-corrected chi connectivity index (χ0v) is 14.8. The Morgan fingerprint density at radius 1 is 1.00 bits per heavy atom. The molecule has 0 unspecified atom stereocenters. The second kappa shape index (κ2) is 7.23. The summed E-state index contributed by atoms with van der Waals surface area (Å²) in [7, 11) is 1.74. The van der Waals surface area contributed by atoms with Crippen molar-refractivity contribution >= 4 is 23.2 Å². The molecule has 28 heavy (non-hydrogen) atoms. The molecule has 9 heteroatoms. The van der Waals surface area contributed by atoms with E-state index in [1.807, 2.05) is 0 Å². The van der Waals surface area contributed by atoms with Gasteiger partial charge in [-0.2, -0.15) is 10.2 Å². The van der Waals surface area contributed by atoms with Crippen LogP contribution in [0.1, 0.15) is 21.0 Å². The summed E-state index contributed by atoms with van der Waals surface area (Å²) >= 11 is 0. The van der Waals surface area contributed by atoms with Crippen molar-refractivity contribution in [2.45, 2.75) is 0 Å². The van der Waals surface area contributed by atoms with Gasteiger partial charge in [0.25, 0.3) is 11.8 Å². The second-order valence-corrected chi connectivity index (χ2v) is 6.01. The van der Waals surface area contributed by atoms with Gasteiger partial charge in [0.2, 0.25) is 0 Å². The molecule has 2 amide bonds. The Morgan fingerprint density at radius 3 is 2.39 bits per heavy atom. The third kappa shape index (κ3) is 3.68. The van der Waals surface area contributed by atoms with Gasteiger partial charge in [0.15, 0.2) is 17.1 Å². The fourth-order valence-electron chi connectivity index (χ4n) is 2.60. The quantitative estimate of drug-likeness (QED) is 0.495. The lowest BCUT2D eigenvalue weighted by atomic mass is 10.2. The van der Waals surface area contributed by atoms with Crippen LogP contribution in [0.25, 0.3) is 11.5 Å². The van der Waals surface area contributed by atoms with Crippen molar-refractivity contribution in [2.24, 2.45) is 7.05 Å². The number of benzene rings is 1. The highest BCUT2D eigenvalue weighted by Gasteiger charge is 2.14. The number of hydrogen-bond acceptors (Lipinski definition) is 5. The summed E-state index contributed by atoms with van der Waals surface area (Å²) in [5, 5.41) is 16.3. The zero-order chi connectivity index (χ0) is 19.5. The van der Waals surface area contributed by atoms with E-state index in [0.29, 0.717) is 28.5 Å². The molecule has 140 valence electrons. The Kier molecular flexibility index (Phi) is 4.47. The Bertz CT molecular complexity index is 1130. The molecule has 3 N–H and O–H groups in total. The Hall–Kier alpha value is -4.14. The minimum absolute atomic E-state index is 0.217. The van der Waals surface area contributed by atoms with Crippen LogP contribution in [0.15, 0.2) is 65.4 Å². The summed E-state index contributed by atoms with van der Waals surface area (Å²) in [5.74, 6) is -0.132. The summed E-state index contributed by atoms with van der Waals surface area (Å²) in [6.45, 7) is 0. The number of H-pyrrole nitrogens is 1. The van der Waals surface area contributed by atoms with Crippen LogP contribution >= 0.6 is 0 Å². The lowest BCUT2D eigenvalue weighted by molar-refractivity contribution is 0.101. The third-order valence-corrected chi connectivity index (χ3v) is 3.92. The van der Waals surface area contributed by atoms with Gasteiger partial charge in [0, 0.05) is 30.7 Å². The maximum atomic E-state index is 12.4. The van der Waals surface area contributed by atoms with Crippen molar-refractivity contribution in [3.63, 3.8) is 0 Å². The van der Waals surface area contributed by atoms with Crippen molar-refractivity contribution in [1.29, 1.82) is 0 Å². The minimum atomic E-state index is -0.387. The van der Waals surface area contributed by atoms with Gasteiger partial charge < -0.3 is 15.1 Å². The predicted octanol–water partition coefficient (Wildman–Crippen LogP) is 2.91. The number of amides is 2. The fraction of sp³-hybridized carbons (Fsp3) is 0.0526. The van der Waals surface area contributed by atoms with Crippen LogP contribution in [-0.2, 0) is 7.05 Å². The molecule has 9 nitrogen and oxygen atoms in total. The summed E-state index contributed by atoms with van der Waals surface area (Å²) in [5.41, 5.74) is 2.18. The Balaban J connectivity index is 1.44. The Labute approximate surface area is 159 Å². The smallest absolute Gasteiger partial charge is 0.276 e. The fourth-order valence-corrected chi connectivity index (χ4v) is 2.60. The van der Waals surface area contributed by atoms with E-state index >= 15 is 0 Å². The van der Waals surface area contributed by atoms with Gasteiger partial charge >= 0.3 is 0 Å². The molecule has 0 saturated heterocycles. The topological polar surface area (TPSA) is 118 Å². The number of aromatic nitrogens is 4. The van der Waals surface area contributed by atoms with Crippen LogP contribution < -0.4 is 10.6 Å². The standard InChI is InChI=1S/C19H16N6O3/c1-25-8-7-14(24-25)18(26)20-12-4-2-5-13(10-12)21-19(27)16-11-15(22-23-16)17-6-3-9-28-17/h2-11H,1H3,(H,20,26)(H,21,27)(H,22,23). The molecule has 0 bridgehead atoms. The van der Waals surface area contributed by atoms with Crippen LogP contribution in [0, 0.1) is 0 Å². The highest BCUT2D eigenvalue weighted by molar-refractivity contribution is 6.05. The second-order valence-electron chi connectivity index (χ2n) is 6.01. The molecule has 4 rings (SSSR count). The van der Waals surface area contributed by atoms with E-state index < -0.39 is 0 Å². The first-order chi connectivity index (χ1) is 13.6. The van der Waals surface area contributed by atoms with Gasteiger partial charge in [-0.3, -0.25) is 19.4 Å². The summed E-state index contributed by atoms with van der Waals surface area (Å²) in [6.07, 6.45) is 3.23. The average molecular weight is 376 g/mol. The molecule has 3 heterocycles. The van der Waals surface area contributed by atoms with Crippen LogP contribution in [0.3, 0.4) is 0 Å². The van der Waals surface area contributed by atoms with Gasteiger partial charge in [-0.05, 0) is 36.4 Å². The lowest BCUT2D eigenvalue weighted by Crippen LogP contribution is -2.14. The molecule has 0 saturated carbocycles. The van der Waals surface area contributed by atoms with Gasteiger partial charge in [-0.25, -0.2) is 0 Å². The molecule has 0 aliphatic carbocycles. The number of furan rings is 1. The maximum Gasteiger partial charge on any atom is 0.276 e. The van der Waals surface area contributed by atoms with E-state index in [1.54, 1.807) is 72.7 Å². The summed E-state index contributed by atoms with van der Waals surface area (Å²) < 4.78 is 6.82. The molecule has 0 aliphatic rings. The molecule has 4 aromatic rings. The number of hydrogen-bond donors (Lipinski definition) is 3. The number of carbonyl (C=O) groups is 2. The minimum Gasteiger partial charge on any atom is -0.463 e. The molecular formula is C19H16N6O3. The molecule has 0 spiro atoms.